The van der Waals surface area contributed by atoms with Crippen LogP contribution < -0.4 is 20.9 Å². The second-order valence-electron chi connectivity index (χ2n) is 9.52. The molecule has 3 aliphatic rings. The van der Waals surface area contributed by atoms with Crippen molar-refractivity contribution < 1.29 is 23.1 Å². The maximum Gasteiger partial charge on any atom is 0.411 e. The van der Waals surface area contributed by atoms with Gasteiger partial charge >= 0.3 is 12.1 Å². The number of carbonyl (C=O) groups is 2. The quantitative estimate of drug-likeness (QED) is 0.539. The van der Waals surface area contributed by atoms with Crippen LogP contribution in [0.3, 0.4) is 0 Å². The van der Waals surface area contributed by atoms with E-state index in [0.717, 1.165) is 37.7 Å². The molecule has 0 aromatic carbocycles. The molecular weight excluding hydrogens is 492 g/mol. The Balaban J connectivity index is 1.34. The van der Waals surface area contributed by atoms with Crippen molar-refractivity contribution in [3.05, 3.63) is 29.7 Å². The lowest BCUT2D eigenvalue weighted by Gasteiger charge is -2.41. The smallest absolute Gasteiger partial charge is 0.411 e. The molecule has 2 fully saturated rings. The molecule has 198 valence electrons. The minimum atomic E-state index is -1.23. The summed E-state index contributed by atoms with van der Waals surface area (Å²) in [6, 6.07) is 2.12. The van der Waals surface area contributed by atoms with Crippen molar-refractivity contribution >= 4 is 35.4 Å². The number of urea groups is 1. The minimum Gasteiger partial charge on any atom is -0.446 e. The average molecular weight is 526 g/mol. The Bertz CT molecular complexity index is 994. The summed E-state index contributed by atoms with van der Waals surface area (Å²) >= 11 is 0.839. The zero-order valence-corrected chi connectivity index (χ0v) is 21.5. The average Bonchev–Trinajstić information content (AvgIpc) is 3.18. The van der Waals surface area contributed by atoms with Gasteiger partial charge in [0.25, 0.3) is 0 Å². The van der Waals surface area contributed by atoms with Crippen LogP contribution in [-0.4, -0.2) is 90.5 Å². The molecule has 0 saturated carbocycles. The Morgan fingerprint density at radius 1 is 1.31 bits per heavy atom. The van der Waals surface area contributed by atoms with Crippen molar-refractivity contribution in [2.24, 2.45) is 0 Å². The van der Waals surface area contributed by atoms with Crippen LogP contribution in [0.5, 0.6) is 0 Å². The van der Waals surface area contributed by atoms with Crippen LogP contribution in [0.25, 0.3) is 0 Å². The van der Waals surface area contributed by atoms with Crippen LogP contribution in [0.2, 0.25) is 0 Å². The van der Waals surface area contributed by atoms with E-state index in [9.17, 15) is 18.4 Å². The van der Waals surface area contributed by atoms with E-state index < -0.39 is 34.5 Å². The van der Waals surface area contributed by atoms with Crippen molar-refractivity contribution in [1.82, 2.24) is 25.4 Å². The monoisotopic (exact) mass is 525 g/mol. The second kappa shape index (κ2) is 11.1. The van der Waals surface area contributed by atoms with E-state index in [1.54, 1.807) is 25.3 Å². The number of hydrogen-bond acceptors (Lipinski definition) is 8. The van der Waals surface area contributed by atoms with Gasteiger partial charge in [-0.2, -0.15) is 4.39 Å². The Hall–Kier alpha value is -2.80. The third-order valence-corrected chi connectivity index (χ3v) is 7.62. The highest BCUT2D eigenvalue weighted by Gasteiger charge is 2.38. The fourth-order valence-electron chi connectivity index (χ4n) is 4.50. The Kier molecular flexibility index (Phi) is 8.08. The Morgan fingerprint density at radius 3 is 2.75 bits per heavy atom. The maximum absolute atomic E-state index is 14.9. The summed E-state index contributed by atoms with van der Waals surface area (Å²) in [5.41, 5.74) is 0.523. The van der Waals surface area contributed by atoms with Crippen LogP contribution in [0.4, 0.5) is 29.9 Å². The number of likely N-dealkylation sites (N-methyl/N-ethyl adjacent to an activating group) is 1. The number of carbonyl (C=O) groups excluding carboxylic acids is 2. The fourth-order valence-corrected chi connectivity index (χ4v) is 5.26. The number of alkyl halides is 1. The summed E-state index contributed by atoms with van der Waals surface area (Å²) < 4.78 is 33.9. The first-order chi connectivity index (χ1) is 17.1. The molecule has 3 N–H and O–H groups in total. The summed E-state index contributed by atoms with van der Waals surface area (Å²) in [7, 11) is 3.56. The van der Waals surface area contributed by atoms with Crippen LogP contribution in [0, 0.1) is 0 Å². The van der Waals surface area contributed by atoms with Crippen molar-refractivity contribution in [3.8, 4) is 0 Å². The lowest BCUT2D eigenvalue weighted by molar-refractivity contribution is 0.0662. The summed E-state index contributed by atoms with van der Waals surface area (Å²) in [5, 5.41) is 7.79. The first-order valence-corrected chi connectivity index (χ1v) is 12.8. The Labute approximate surface area is 213 Å². The SMILES string of the molecule is CN1CCC(OC(=O)Nc2ccnc(N3CC[C@@H](F)[C@@H](N(C)C(=O)NC4(C)NC=C(F)S4)C3)c2)CC1. The first kappa shape index (κ1) is 26.3. The van der Waals surface area contributed by atoms with Crippen molar-refractivity contribution in [2.45, 2.75) is 49.5 Å². The topological polar surface area (TPSA) is 102 Å². The van der Waals surface area contributed by atoms with Gasteiger partial charge in [-0.05, 0) is 51.1 Å². The zero-order valence-electron chi connectivity index (χ0n) is 20.7. The normalized spacial score (nSPS) is 27.1. The predicted octanol–water partition coefficient (Wildman–Crippen LogP) is 3.06. The molecule has 1 aromatic heterocycles. The van der Waals surface area contributed by atoms with Crippen molar-refractivity contribution in [3.63, 3.8) is 0 Å². The number of nitrogens with zero attached hydrogens (tertiary/aromatic N) is 4. The van der Waals surface area contributed by atoms with E-state index in [4.69, 9.17) is 4.74 Å². The molecule has 36 heavy (non-hydrogen) atoms. The number of halogens is 2. The van der Waals surface area contributed by atoms with Gasteiger partial charge in [0.2, 0.25) is 0 Å². The molecule has 3 aliphatic heterocycles. The summed E-state index contributed by atoms with van der Waals surface area (Å²) in [4.78, 5) is 33.9. The number of rotatable bonds is 5. The van der Waals surface area contributed by atoms with Gasteiger partial charge in [-0.3, -0.25) is 5.32 Å². The largest absolute Gasteiger partial charge is 0.446 e. The molecule has 0 bridgehead atoms. The highest BCUT2D eigenvalue weighted by Crippen LogP contribution is 2.34. The first-order valence-electron chi connectivity index (χ1n) is 12.0. The van der Waals surface area contributed by atoms with Crippen LogP contribution in [0.1, 0.15) is 26.2 Å². The number of thioether (sulfide) groups is 1. The third kappa shape index (κ3) is 6.49. The van der Waals surface area contributed by atoms with Gasteiger partial charge < -0.3 is 30.1 Å². The molecule has 1 unspecified atom stereocenters. The highest BCUT2D eigenvalue weighted by molar-refractivity contribution is 8.04. The van der Waals surface area contributed by atoms with Gasteiger partial charge in [0.15, 0.2) is 10.2 Å². The molecule has 13 heteroatoms. The van der Waals surface area contributed by atoms with Gasteiger partial charge in [-0.15, -0.1) is 0 Å². The van der Waals surface area contributed by atoms with E-state index in [1.165, 1.54) is 18.1 Å². The standard InChI is InChI=1S/C23H33F2N7O3S/c1-23(27-13-19(25)36-23)29-21(33)31(3)18-14-32(11-7-17(18)24)20-12-15(4-8-26-20)28-22(34)35-16-5-9-30(2)10-6-16/h4,8,12-13,16-18,27H,5-7,9-11,14H2,1-3H3,(H,29,33)(H,26,28,34)/t17-,18+,23?/m1/s1. The number of pyridine rings is 1. The minimum absolute atomic E-state index is 0.110. The van der Waals surface area contributed by atoms with Crippen LogP contribution in [0.15, 0.2) is 29.7 Å². The van der Waals surface area contributed by atoms with Crippen molar-refractivity contribution in [1.29, 1.82) is 0 Å². The molecule has 4 rings (SSSR count). The molecule has 4 heterocycles. The summed E-state index contributed by atoms with van der Waals surface area (Å²) in [6.45, 7) is 4.03. The molecule has 10 nitrogen and oxygen atoms in total. The van der Waals surface area contributed by atoms with Gasteiger partial charge in [0.1, 0.15) is 18.1 Å². The van der Waals surface area contributed by atoms with E-state index in [1.807, 2.05) is 11.9 Å². The van der Waals surface area contributed by atoms with E-state index >= 15 is 0 Å². The van der Waals surface area contributed by atoms with Gasteiger partial charge in [-0.1, -0.05) is 0 Å². The lowest BCUT2D eigenvalue weighted by atomic mass is 10.0. The number of hydrogen-bond donors (Lipinski definition) is 3. The Morgan fingerprint density at radius 2 is 2.06 bits per heavy atom. The van der Waals surface area contributed by atoms with Gasteiger partial charge in [-0.25, -0.2) is 19.0 Å². The second-order valence-corrected chi connectivity index (χ2v) is 10.9. The molecule has 0 spiro atoms. The number of anilines is 2. The third-order valence-electron chi connectivity index (χ3n) is 6.68. The van der Waals surface area contributed by atoms with Gasteiger partial charge in [0, 0.05) is 57.4 Å². The molecule has 0 radical (unpaired) electrons. The summed E-state index contributed by atoms with van der Waals surface area (Å²) in [5.74, 6) is 0.559. The lowest BCUT2D eigenvalue weighted by Crippen LogP contribution is -2.60. The van der Waals surface area contributed by atoms with E-state index in [-0.39, 0.29) is 19.1 Å². The van der Waals surface area contributed by atoms with Crippen molar-refractivity contribution in [2.75, 3.05) is 50.5 Å². The summed E-state index contributed by atoms with van der Waals surface area (Å²) in [6.07, 6.45) is 2.70. The number of piperidine rings is 2. The van der Waals surface area contributed by atoms with E-state index in [0.29, 0.717) is 18.1 Å². The van der Waals surface area contributed by atoms with Gasteiger partial charge in [0.05, 0.1) is 6.04 Å². The molecule has 1 aromatic rings. The molecule has 0 aliphatic carbocycles. The maximum atomic E-state index is 14.9. The number of ether oxygens (including phenoxy) is 1. The van der Waals surface area contributed by atoms with E-state index in [2.05, 4.69) is 25.8 Å². The molecule has 2 saturated heterocycles. The number of nitrogens with one attached hydrogen (secondary N) is 3. The highest BCUT2D eigenvalue weighted by atomic mass is 32.2. The van der Waals surface area contributed by atoms with Crippen LogP contribution >= 0.6 is 11.8 Å². The number of amides is 3. The number of likely N-dealkylation sites (tertiary alicyclic amines) is 1. The zero-order chi connectivity index (χ0) is 25.9. The fraction of sp³-hybridized carbons (Fsp3) is 0.609. The molecule has 3 atom stereocenters. The molecular formula is C23H33F2N7O3S. The predicted molar refractivity (Wildman–Crippen MR) is 135 cm³/mol. The molecule has 3 amide bonds. The number of aromatic nitrogens is 1. The van der Waals surface area contributed by atoms with Crippen LogP contribution in [-0.2, 0) is 4.74 Å².